The summed E-state index contributed by atoms with van der Waals surface area (Å²) in [6.45, 7) is 9.39. The standard InChI is InChI=1S/C25H39N3O5S/c1-2-3-4-5-12-27(14-13-26-15-19-32-20-16-26)25(29)11-8-23-6-9-24(10-7-23)34(30,31)28-17-21-33-22-18-28/h6-11H,2-5,12-22H2,1H3/b11-8+. The molecule has 190 valence electrons. The predicted molar refractivity (Wildman–Crippen MR) is 133 cm³/mol. The van der Waals surface area contributed by atoms with Gasteiger partial charge in [-0.2, -0.15) is 4.31 Å². The highest BCUT2D eigenvalue weighted by atomic mass is 32.2. The lowest BCUT2D eigenvalue weighted by Crippen LogP contribution is -2.43. The fraction of sp³-hybridized carbons (Fsp3) is 0.640. The van der Waals surface area contributed by atoms with Crippen molar-refractivity contribution in [2.45, 2.75) is 37.5 Å². The van der Waals surface area contributed by atoms with Gasteiger partial charge < -0.3 is 14.4 Å². The van der Waals surface area contributed by atoms with E-state index < -0.39 is 10.0 Å². The Labute approximate surface area is 204 Å². The number of nitrogens with zero attached hydrogens (tertiary/aromatic N) is 3. The first-order chi connectivity index (χ1) is 16.5. The topological polar surface area (TPSA) is 79.4 Å². The van der Waals surface area contributed by atoms with Crippen LogP contribution in [0.2, 0.25) is 0 Å². The van der Waals surface area contributed by atoms with Crippen molar-refractivity contribution in [3.63, 3.8) is 0 Å². The molecule has 2 aliphatic heterocycles. The van der Waals surface area contributed by atoms with Crippen LogP contribution in [-0.4, -0.2) is 101 Å². The van der Waals surface area contributed by atoms with Crippen molar-refractivity contribution in [2.75, 3.05) is 72.2 Å². The van der Waals surface area contributed by atoms with Gasteiger partial charge in [0.2, 0.25) is 15.9 Å². The second-order valence-corrected chi connectivity index (χ2v) is 10.7. The molecule has 2 heterocycles. The van der Waals surface area contributed by atoms with E-state index in [1.807, 2.05) is 4.90 Å². The maximum atomic E-state index is 13.0. The number of rotatable bonds is 12. The first kappa shape index (κ1) is 26.8. The van der Waals surface area contributed by atoms with E-state index in [2.05, 4.69) is 11.8 Å². The maximum Gasteiger partial charge on any atom is 0.246 e. The van der Waals surface area contributed by atoms with Crippen molar-refractivity contribution < 1.29 is 22.7 Å². The fourth-order valence-electron chi connectivity index (χ4n) is 4.11. The summed E-state index contributed by atoms with van der Waals surface area (Å²) in [4.78, 5) is 17.5. The highest BCUT2D eigenvalue weighted by Gasteiger charge is 2.26. The van der Waals surface area contributed by atoms with Crippen LogP contribution in [0.3, 0.4) is 0 Å². The van der Waals surface area contributed by atoms with Crippen molar-refractivity contribution in [3.05, 3.63) is 35.9 Å². The van der Waals surface area contributed by atoms with Crippen LogP contribution in [0.1, 0.15) is 38.2 Å². The highest BCUT2D eigenvalue weighted by molar-refractivity contribution is 7.89. The van der Waals surface area contributed by atoms with E-state index in [1.54, 1.807) is 36.4 Å². The van der Waals surface area contributed by atoms with E-state index >= 15 is 0 Å². The minimum Gasteiger partial charge on any atom is -0.379 e. The van der Waals surface area contributed by atoms with E-state index in [0.29, 0.717) is 32.8 Å². The number of hydrogen-bond acceptors (Lipinski definition) is 6. The lowest BCUT2D eigenvalue weighted by atomic mass is 10.2. The Morgan fingerprint density at radius 1 is 0.941 bits per heavy atom. The van der Waals surface area contributed by atoms with Crippen molar-refractivity contribution in [2.24, 2.45) is 0 Å². The third-order valence-electron chi connectivity index (χ3n) is 6.29. The SMILES string of the molecule is CCCCCCN(CCN1CCOCC1)C(=O)/C=C/c1ccc(S(=O)(=O)N2CCOCC2)cc1. The Morgan fingerprint density at radius 2 is 1.59 bits per heavy atom. The predicted octanol–water partition coefficient (Wildman–Crippen LogP) is 2.46. The molecular weight excluding hydrogens is 454 g/mol. The molecule has 9 heteroatoms. The molecule has 0 unspecified atom stereocenters. The van der Waals surface area contributed by atoms with Gasteiger partial charge in [0.15, 0.2) is 0 Å². The first-order valence-corrected chi connectivity index (χ1v) is 13.9. The van der Waals surface area contributed by atoms with E-state index in [9.17, 15) is 13.2 Å². The normalized spacial score (nSPS) is 18.4. The van der Waals surface area contributed by atoms with Gasteiger partial charge in [0, 0.05) is 51.9 Å². The number of unbranched alkanes of at least 4 members (excludes halogenated alkanes) is 3. The second-order valence-electron chi connectivity index (χ2n) is 8.76. The van der Waals surface area contributed by atoms with Crippen LogP contribution >= 0.6 is 0 Å². The number of morpholine rings is 2. The molecule has 0 bridgehead atoms. The number of carbonyl (C=O) groups is 1. The molecule has 0 aromatic heterocycles. The molecule has 0 N–H and O–H groups in total. The molecule has 2 aliphatic rings. The molecule has 0 saturated carbocycles. The Hall–Kier alpha value is -1.78. The molecule has 2 saturated heterocycles. The van der Waals surface area contributed by atoms with Crippen LogP contribution in [0, 0.1) is 0 Å². The van der Waals surface area contributed by atoms with Gasteiger partial charge in [-0.1, -0.05) is 38.3 Å². The largest absolute Gasteiger partial charge is 0.379 e. The summed E-state index contributed by atoms with van der Waals surface area (Å²) in [5.74, 6) is -0.00484. The zero-order valence-electron chi connectivity index (χ0n) is 20.4. The van der Waals surface area contributed by atoms with Gasteiger partial charge in [0.05, 0.1) is 31.3 Å². The number of ether oxygens (including phenoxy) is 2. The molecule has 1 amide bonds. The van der Waals surface area contributed by atoms with E-state index in [-0.39, 0.29) is 10.8 Å². The monoisotopic (exact) mass is 493 g/mol. The van der Waals surface area contributed by atoms with Gasteiger partial charge in [-0.15, -0.1) is 0 Å². The minimum absolute atomic E-state index is 0.00484. The third-order valence-corrected chi connectivity index (χ3v) is 8.20. The Bertz CT molecular complexity index is 876. The van der Waals surface area contributed by atoms with Gasteiger partial charge >= 0.3 is 0 Å². The maximum absolute atomic E-state index is 13.0. The summed E-state index contributed by atoms with van der Waals surface area (Å²) in [7, 11) is -3.52. The van der Waals surface area contributed by atoms with Gasteiger partial charge in [-0.3, -0.25) is 9.69 Å². The summed E-state index contributed by atoms with van der Waals surface area (Å²) in [6.07, 6.45) is 7.84. The van der Waals surface area contributed by atoms with Crippen LogP contribution in [0.25, 0.3) is 6.08 Å². The summed E-state index contributed by atoms with van der Waals surface area (Å²) in [5, 5.41) is 0. The Kier molecular flexibility index (Phi) is 11.0. The lowest BCUT2D eigenvalue weighted by Gasteiger charge is -2.29. The molecule has 1 aromatic carbocycles. The Balaban J connectivity index is 1.58. The van der Waals surface area contributed by atoms with Crippen LogP contribution in [0.5, 0.6) is 0 Å². The fourth-order valence-corrected chi connectivity index (χ4v) is 5.52. The second kappa shape index (κ2) is 13.9. The van der Waals surface area contributed by atoms with Gasteiger partial charge in [0.1, 0.15) is 0 Å². The first-order valence-electron chi connectivity index (χ1n) is 12.5. The molecule has 0 radical (unpaired) electrons. The average Bonchev–Trinajstić information content (AvgIpc) is 2.88. The molecular formula is C25H39N3O5S. The highest BCUT2D eigenvalue weighted by Crippen LogP contribution is 2.18. The van der Waals surface area contributed by atoms with Crippen molar-refractivity contribution in [3.8, 4) is 0 Å². The third kappa shape index (κ3) is 8.16. The van der Waals surface area contributed by atoms with E-state index in [1.165, 1.54) is 17.1 Å². The zero-order valence-corrected chi connectivity index (χ0v) is 21.2. The van der Waals surface area contributed by atoms with Gasteiger partial charge in [-0.25, -0.2) is 8.42 Å². The number of carbonyl (C=O) groups excluding carboxylic acids is 1. The molecule has 34 heavy (non-hydrogen) atoms. The summed E-state index contributed by atoms with van der Waals surface area (Å²) in [5.41, 5.74) is 0.799. The number of sulfonamides is 1. The zero-order chi connectivity index (χ0) is 24.2. The Morgan fingerprint density at radius 3 is 2.24 bits per heavy atom. The van der Waals surface area contributed by atoms with Crippen molar-refractivity contribution >= 4 is 22.0 Å². The van der Waals surface area contributed by atoms with Crippen molar-refractivity contribution in [1.29, 1.82) is 0 Å². The number of hydrogen-bond donors (Lipinski definition) is 0. The van der Waals surface area contributed by atoms with E-state index in [4.69, 9.17) is 9.47 Å². The summed E-state index contributed by atoms with van der Waals surface area (Å²) < 4.78 is 37.7. The molecule has 2 fully saturated rings. The molecule has 3 rings (SSSR count). The molecule has 0 aliphatic carbocycles. The number of benzene rings is 1. The van der Waals surface area contributed by atoms with E-state index in [0.717, 1.165) is 57.8 Å². The minimum atomic E-state index is -3.52. The quantitative estimate of drug-likeness (QED) is 0.329. The van der Waals surface area contributed by atoms with Gasteiger partial charge in [0.25, 0.3) is 0 Å². The molecule has 1 aromatic rings. The summed E-state index contributed by atoms with van der Waals surface area (Å²) >= 11 is 0. The van der Waals surface area contributed by atoms with Gasteiger partial charge in [-0.05, 0) is 30.2 Å². The van der Waals surface area contributed by atoms with Crippen LogP contribution in [0.4, 0.5) is 0 Å². The molecule has 0 atom stereocenters. The summed E-state index contributed by atoms with van der Waals surface area (Å²) in [6, 6.07) is 6.71. The van der Waals surface area contributed by atoms with Crippen LogP contribution in [0.15, 0.2) is 35.2 Å². The molecule has 0 spiro atoms. The number of amides is 1. The smallest absolute Gasteiger partial charge is 0.246 e. The average molecular weight is 494 g/mol. The van der Waals surface area contributed by atoms with Crippen LogP contribution < -0.4 is 0 Å². The lowest BCUT2D eigenvalue weighted by molar-refractivity contribution is -0.126. The van der Waals surface area contributed by atoms with Crippen LogP contribution in [-0.2, 0) is 24.3 Å². The molecule has 8 nitrogen and oxygen atoms in total. The van der Waals surface area contributed by atoms with Crippen molar-refractivity contribution in [1.82, 2.24) is 14.1 Å².